The van der Waals surface area contributed by atoms with Gasteiger partial charge in [-0.2, -0.15) is 0 Å². The Morgan fingerprint density at radius 3 is 2.69 bits per heavy atom. The lowest BCUT2D eigenvalue weighted by molar-refractivity contribution is 1.21. The summed E-state index contributed by atoms with van der Waals surface area (Å²) in [6, 6.07) is 2.15. The molecule has 0 aliphatic heterocycles. The van der Waals surface area contributed by atoms with Gasteiger partial charge in [-0.25, -0.2) is 4.98 Å². The molecule has 0 spiro atoms. The van der Waals surface area contributed by atoms with E-state index in [-0.39, 0.29) is 0 Å². The van der Waals surface area contributed by atoms with E-state index in [9.17, 15) is 0 Å². The van der Waals surface area contributed by atoms with E-state index < -0.39 is 0 Å². The molecule has 0 amide bonds. The molecule has 4 heteroatoms. The Kier molecular flexibility index (Phi) is 2.52. The highest BCUT2D eigenvalue weighted by molar-refractivity contribution is 14.1. The number of aryl methyl sites for hydroxylation is 2. The summed E-state index contributed by atoms with van der Waals surface area (Å²) in [4.78, 5) is 7.73. The van der Waals surface area contributed by atoms with Crippen LogP contribution >= 0.6 is 45.2 Å². The second kappa shape index (κ2) is 3.38. The van der Waals surface area contributed by atoms with Gasteiger partial charge in [0, 0.05) is 14.7 Å². The number of fused-ring (bicyclic) bond motifs is 1. The second-order valence-electron chi connectivity index (χ2n) is 3.06. The molecule has 0 bridgehead atoms. The molecule has 68 valence electrons. The third-order valence-electron chi connectivity index (χ3n) is 2.06. The molecule has 0 saturated carbocycles. The van der Waals surface area contributed by atoms with E-state index in [1.54, 1.807) is 0 Å². The van der Waals surface area contributed by atoms with E-state index in [1.807, 2.05) is 0 Å². The average Bonchev–Trinajstić information content (AvgIpc) is 2.42. The van der Waals surface area contributed by atoms with E-state index in [2.05, 4.69) is 75.1 Å². The lowest BCUT2D eigenvalue weighted by atomic mass is 10.2. The summed E-state index contributed by atoms with van der Waals surface area (Å²) in [5.74, 6) is 0. The summed E-state index contributed by atoms with van der Waals surface area (Å²) in [6.07, 6.45) is 0. The number of rotatable bonds is 0. The Morgan fingerprint density at radius 2 is 2.00 bits per heavy atom. The number of H-pyrrole nitrogens is 1. The number of nitrogens with zero attached hydrogens (tertiary/aromatic N) is 1. The lowest BCUT2D eigenvalue weighted by Crippen LogP contribution is -1.91. The standard InChI is InChI=1S/C9H8I2N2/c1-4-3-6-5(2)7(10)8(11)13-9(6)12-4/h3H,1-2H3,(H,12,13). The molecule has 0 fully saturated rings. The zero-order valence-electron chi connectivity index (χ0n) is 7.28. The molecule has 2 aromatic heterocycles. The number of hydrogen-bond acceptors (Lipinski definition) is 1. The molecule has 0 atom stereocenters. The van der Waals surface area contributed by atoms with Crippen molar-refractivity contribution < 1.29 is 0 Å². The molecule has 2 rings (SSSR count). The maximum Gasteiger partial charge on any atom is 0.139 e. The Balaban J connectivity index is 2.92. The van der Waals surface area contributed by atoms with Crippen molar-refractivity contribution in [2.24, 2.45) is 0 Å². The fraction of sp³-hybridized carbons (Fsp3) is 0.222. The van der Waals surface area contributed by atoms with Gasteiger partial charge in [0.2, 0.25) is 0 Å². The molecule has 2 aromatic rings. The molecule has 0 saturated heterocycles. The summed E-state index contributed by atoms with van der Waals surface area (Å²) >= 11 is 4.61. The van der Waals surface area contributed by atoms with Crippen molar-refractivity contribution in [1.29, 1.82) is 0 Å². The van der Waals surface area contributed by atoms with Gasteiger partial charge < -0.3 is 4.98 Å². The van der Waals surface area contributed by atoms with Crippen LogP contribution in [0, 0.1) is 21.1 Å². The zero-order chi connectivity index (χ0) is 9.59. The molecule has 0 aliphatic rings. The van der Waals surface area contributed by atoms with Crippen molar-refractivity contribution in [3.05, 3.63) is 24.6 Å². The van der Waals surface area contributed by atoms with Gasteiger partial charge in [-0.15, -0.1) is 0 Å². The van der Waals surface area contributed by atoms with Crippen LogP contribution in [0.25, 0.3) is 11.0 Å². The number of hydrogen-bond donors (Lipinski definition) is 1. The largest absolute Gasteiger partial charge is 0.344 e. The van der Waals surface area contributed by atoms with Gasteiger partial charge in [0.1, 0.15) is 9.35 Å². The average molecular weight is 398 g/mol. The van der Waals surface area contributed by atoms with Crippen molar-refractivity contribution in [2.75, 3.05) is 0 Å². The molecular formula is C9H8I2N2. The molecule has 0 aromatic carbocycles. The maximum absolute atomic E-state index is 4.48. The Labute approximate surface area is 104 Å². The highest BCUT2D eigenvalue weighted by Crippen LogP contribution is 2.25. The first-order chi connectivity index (χ1) is 6.09. The Hall–Kier alpha value is 0.150. The van der Waals surface area contributed by atoms with Crippen molar-refractivity contribution in [3.8, 4) is 0 Å². The molecule has 0 unspecified atom stereocenters. The van der Waals surface area contributed by atoms with Crippen LogP contribution in [0.2, 0.25) is 0 Å². The molecule has 1 N–H and O–H groups in total. The Bertz CT molecular complexity index is 474. The summed E-state index contributed by atoms with van der Waals surface area (Å²) in [6.45, 7) is 4.20. The van der Waals surface area contributed by atoms with E-state index in [0.717, 1.165) is 9.35 Å². The maximum atomic E-state index is 4.48. The molecular weight excluding hydrogens is 390 g/mol. The summed E-state index contributed by atoms with van der Waals surface area (Å²) in [5, 5.41) is 1.24. The van der Waals surface area contributed by atoms with Gasteiger partial charge in [0.15, 0.2) is 0 Å². The minimum atomic E-state index is 1.000. The normalized spacial score (nSPS) is 11.1. The van der Waals surface area contributed by atoms with Crippen LogP contribution in [0.1, 0.15) is 11.3 Å². The van der Waals surface area contributed by atoms with Crippen LogP contribution < -0.4 is 0 Å². The van der Waals surface area contributed by atoms with Crippen LogP contribution in [0.4, 0.5) is 0 Å². The van der Waals surface area contributed by atoms with Crippen molar-refractivity contribution in [3.63, 3.8) is 0 Å². The highest BCUT2D eigenvalue weighted by atomic mass is 127. The van der Waals surface area contributed by atoms with Crippen LogP contribution in [0.3, 0.4) is 0 Å². The van der Waals surface area contributed by atoms with Gasteiger partial charge in [0.25, 0.3) is 0 Å². The van der Waals surface area contributed by atoms with Gasteiger partial charge in [-0.1, -0.05) is 0 Å². The van der Waals surface area contributed by atoms with Crippen LogP contribution in [-0.2, 0) is 0 Å². The van der Waals surface area contributed by atoms with E-state index in [1.165, 1.54) is 20.2 Å². The zero-order valence-corrected chi connectivity index (χ0v) is 11.6. The van der Waals surface area contributed by atoms with Crippen molar-refractivity contribution in [2.45, 2.75) is 13.8 Å². The predicted octanol–water partition coefficient (Wildman–Crippen LogP) is 3.39. The lowest BCUT2D eigenvalue weighted by Gasteiger charge is -2.01. The van der Waals surface area contributed by atoms with Crippen LogP contribution in [-0.4, -0.2) is 9.97 Å². The fourth-order valence-electron chi connectivity index (χ4n) is 1.37. The topological polar surface area (TPSA) is 28.7 Å². The molecule has 0 aliphatic carbocycles. The van der Waals surface area contributed by atoms with Crippen molar-refractivity contribution >= 4 is 56.2 Å². The minimum absolute atomic E-state index is 1.000. The first kappa shape index (κ1) is 9.70. The number of nitrogens with one attached hydrogen (secondary N) is 1. The first-order valence-electron chi connectivity index (χ1n) is 3.90. The fourth-order valence-corrected chi connectivity index (χ4v) is 2.43. The summed E-state index contributed by atoms with van der Waals surface area (Å²) in [7, 11) is 0. The Morgan fingerprint density at radius 1 is 1.31 bits per heavy atom. The summed E-state index contributed by atoms with van der Waals surface area (Å²) < 4.78 is 2.33. The number of aromatic nitrogens is 2. The van der Waals surface area contributed by atoms with Gasteiger partial charge >= 0.3 is 0 Å². The third kappa shape index (κ3) is 1.58. The summed E-state index contributed by atoms with van der Waals surface area (Å²) in [5.41, 5.74) is 3.49. The number of aromatic amines is 1. The number of halogens is 2. The molecule has 2 heterocycles. The van der Waals surface area contributed by atoms with Crippen LogP contribution in [0.15, 0.2) is 6.07 Å². The van der Waals surface area contributed by atoms with E-state index in [4.69, 9.17) is 0 Å². The van der Waals surface area contributed by atoms with Crippen molar-refractivity contribution in [1.82, 2.24) is 9.97 Å². The smallest absolute Gasteiger partial charge is 0.139 e. The quantitative estimate of drug-likeness (QED) is 0.535. The van der Waals surface area contributed by atoms with Gasteiger partial charge in [-0.05, 0) is 70.7 Å². The van der Waals surface area contributed by atoms with Gasteiger partial charge in [-0.3, -0.25) is 0 Å². The first-order valence-corrected chi connectivity index (χ1v) is 6.06. The SMILES string of the molecule is Cc1cc2c(C)c(I)c(I)nc2[nH]1. The van der Waals surface area contributed by atoms with Gasteiger partial charge in [0.05, 0.1) is 0 Å². The monoisotopic (exact) mass is 398 g/mol. The highest BCUT2D eigenvalue weighted by Gasteiger charge is 2.08. The molecule has 2 nitrogen and oxygen atoms in total. The molecule has 0 radical (unpaired) electrons. The second-order valence-corrected chi connectivity index (χ2v) is 5.16. The van der Waals surface area contributed by atoms with E-state index in [0.29, 0.717) is 0 Å². The number of pyridine rings is 1. The van der Waals surface area contributed by atoms with E-state index >= 15 is 0 Å². The third-order valence-corrected chi connectivity index (χ3v) is 5.19. The molecule has 13 heavy (non-hydrogen) atoms. The minimum Gasteiger partial charge on any atom is -0.344 e. The predicted molar refractivity (Wildman–Crippen MR) is 71.0 cm³/mol. The van der Waals surface area contributed by atoms with Crippen LogP contribution in [0.5, 0.6) is 0 Å².